The lowest BCUT2D eigenvalue weighted by Crippen LogP contribution is -2.19. The van der Waals surface area contributed by atoms with E-state index < -0.39 is 6.17 Å². The Balaban J connectivity index is 1.31. The van der Waals surface area contributed by atoms with Gasteiger partial charge in [0.1, 0.15) is 12.0 Å². The van der Waals surface area contributed by atoms with Crippen molar-refractivity contribution >= 4 is 0 Å². The third-order valence-corrected chi connectivity index (χ3v) is 8.96. The Labute approximate surface area is 211 Å². The number of aromatic nitrogens is 4. The minimum absolute atomic E-state index is 0.0237. The smallest absolute Gasteiger partial charge is 0.124 e. The SMILES string of the molecule is CN1CC(F)CC1c1ncc(-c2ccc(-c3ccc(-c4cnc[nH]4)cc3)c3c2CCC32CCCC2)[nH]1. The lowest BCUT2D eigenvalue weighted by molar-refractivity contribution is 0.292. The maximum absolute atomic E-state index is 14.0. The van der Waals surface area contributed by atoms with Crippen LogP contribution in [0.4, 0.5) is 4.39 Å². The molecule has 0 bridgehead atoms. The van der Waals surface area contributed by atoms with E-state index in [4.69, 9.17) is 4.98 Å². The molecule has 2 aromatic carbocycles. The molecule has 1 saturated heterocycles. The minimum Gasteiger partial charge on any atom is -0.345 e. The lowest BCUT2D eigenvalue weighted by Gasteiger charge is -2.28. The summed E-state index contributed by atoms with van der Waals surface area (Å²) in [5.41, 5.74) is 10.5. The number of hydrogen-bond acceptors (Lipinski definition) is 3. The van der Waals surface area contributed by atoms with Gasteiger partial charge in [-0.1, -0.05) is 49.2 Å². The average Bonchev–Trinajstić information content (AvgIpc) is 3.72. The summed E-state index contributed by atoms with van der Waals surface area (Å²) in [4.78, 5) is 17.7. The Bertz CT molecular complexity index is 1380. The molecular formula is C30H32FN5. The van der Waals surface area contributed by atoms with Crippen molar-refractivity contribution in [2.45, 2.75) is 62.6 Å². The van der Waals surface area contributed by atoms with E-state index in [0.717, 1.165) is 29.2 Å². The van der Waals surface area contributed by atoms with Crippen LogP contribution in [0.25, 0.3) is 33.6 Å². The van der Waals surface area contributed by atoms with Gasteiger partial charge < -0.3 is 9.97 Å². The number of H-pyrrole nitrogens is 2. The molecule has 5 nitrogen and oxygen atoms in total. The maximum Gasteiger partial charge on any atom is 0.124 e. The lowest BCUT2D eigenvalue weighted by atomic mass is 9.76. The number of halogens is 1. The van der Waals surface area contributed by atoms with Gasteiger partial charge in [0.2, 0.25) is 0 Å². The zero-order valence-corrected chi connectivity index (χ0v) is 20.7. The van der Waals surface area contributed by atoms with Gasteiger partial charge in [-0.05, 0) is 66.0 Å². The number of imidazole rings is 2. The predicted molar refractivity (Wildman–Crippen MR) is 140 cm³/mol. The number of alkyl halides is 1. The fourth-order valence-electron chi connectivity index (χ4n) is 7.19. The van der Waals surface area contributed by atoms with Gasteiger partial charge in [-0.25, -0.2) is 14.4 Å². The van der Waals surface area contributed by atoms with Gasteiger partial charge >= 0.3 is 0 Å². The first kappa shape index (κ1) is 22.0. The molecule has 1 aliphatic heterocycles. The number of nitrogens with one attached hydrogen (secondary N) is 2. The van der Waals surface area contributed by atoms with Gasteiger partial charge in [0.15, 0.2) is 0 Å². The van der Waals surface area contributed by atoms with Crippen molar-refractivity contribution in [2.75, 3.05) is 13.6 Å². The van der Waals surface area contributed by atoms with E-state index in [0.29, 0.717) is 18.4 Å². The van der Waals surface area contributed by atoms with E-state index in [1.807, 2.05) is 19.4 Å². The second kappa shape index (κ2) is 8.41. The number of hydrogen-bond donors (Lipinski definition) is 2. The minimum atomic E-state index is -0.779. The average molecular weight is 482 g/mol. The second-order valence-electron chi connectivity index (χ2n) is 11.0. The van der Waals surface area contributed by atoms with Crippen LogP contribution in [0.1, 0.15) is 61.5 Å². The number of fused-ring (bicyclic) bond motifs is 2. The van der Waals surface area contributed by atoms with Crippen LogP contribution < -0.4 is 0 Å². The van der Waals surface area contributed by atoms with Crippen molar-refractivity contribution in [3.8, 4) is 33.6 Å². The molecule has 2 atom stereocenters. The second-order valence-corrected chi connectivity index (χ2v) is 11.0. The number of rotatable bonds is 4. The number of likely N-dealkylation sites (tertiary alicyclic amines) is 1. The van der Waals surface area contributed by atoms with Crippen LogP contribution in [-0.2, 0) is 11.8 Å². The van der Waals surface area contributed by atoms with Crippen LogP contribution in [0.2, 0.25) is 0 Å². The highest BCUT2D eigenvalue weighted by molar-refractivity contribution is 5.80. The zero-order chi connectivity index (χ0) is 24.3. The predicted octanol–water partition coefficient (Wildman–Crippen LogP) is 6.61. The molecule has 3 aliphatic rings. The third kappa shape index (κ3) is 3.46. The first-order valence-electron chi connectivity index (χ1n) is 13.3. The molecule has 2 N–H and O–H groups in total. The van der Waals surface area contributed by atoms with Gasteiger partial charge in [-0.3, -0.25) is 4.90 Å². The van der Waals surface area contributed by atoms with Crippen LogP contribution in [0.5, 0.6) is 0 Å². The molecule has 3 heterocycles. The Morgan fingerprint density at radius 1 is 0.944 bits per heavy atom. The Morgan fingerprint density at radius 3 is 2.44 bits per heavy atom. The van der Waals surface area contributed by atoms with E-state index in [1.54, 1.807) is 11.9 Å². The molecule has 2 aliphatic carbocycles. The van der Waals surface area contributed by atoms with Crippen molar-refractivity contribution < 1.29 is 4.39 Å². The number of aromatic amines is 2. The van der Waals surface area contributed by atoms with Crippen LogP contribution >= 0.6 is 0 Å². The standard InChI is InChI=1S/C30H32FN5/c1-36-17-21(31)14-27(36)29-33-16-26(35-29)23-9-8-22(28-24(23)10-13-30(28)11-2-3-12-30)19-4-6-20(7-5-19)25-15-32-18-34-25/h4-9,15-16,18,21,27H,2-3,10-14,17H2,1H3,(H,32,34)(H,33,35). The Morgan fingerprint density at radius 2 is 1.72 bits per heavy atom. The highest BCUT2D eigenvalue weighted by Crippen LogP contribution is 2.55. The first-order valence-corrected chi connectivity index (χ1v) is 13.3. The highest BCUT2D eigenvalue weighted by atomic mass is 19.1. The summed E-state index contributed by atoms with van der Waals surface area (Å²) >= 11 is 0. The van der Waals surface area contributed by atoms with Crippen molar-refractivity contribution in [3.63, 3.8) is 0 Å². The zero-order valence-electron chi connectivity index (χ0n) is 20.7. The van der Waals surface area contributed by atoms with E-state index in [2.05, 4.69) is 56.3 Å². The Hall–Kier alpha value is -3.25. The molecule has 2 aromatic heterocycles. The van der Waals surface area contributed by atoms with Gasteiger partial charge in [0.05, 0.1) is 36.2 Å². The van der Waals surface area contributed by atoms with Crippen LogP contribution in [0, 0.1) is 0 Å². The largest absolute Gasteiger partial charge is 0.345 e. The normalized spacial score (nSPS) is 23.1. The monoisotopic (exact) mass is 481 g/mol. The van der Waals surface area contributed by atoms with Crippen LogP contribution in [0.15, 0.2) is 55.1 Å². The molecule has 7 rings (SSSR count). The number of benzene rings is 2. The molecule has 36 heavy (non-hydrogen) atoms. The molecular weight excluding hydrogens is 449 g/mol. The maximum atomic E-state index is 14.0. The van der Waals surface area contributed by atoms with Gasteiger partial charge in [0.25, 0.3) is 0 Å². The van der Waals surface area contributed by atoms with Crippen LogP contribution in [0.3, 0.4) is 0 Å². The summed E-state index contributed by atoms with van der Waals surface area (Å²) in [7, 11) is 1.99. The van der Waals surface area contributed by atoms with E-state index in [9.17, 15) is 4.39 Å². The summed E-state index contributed by atoms with van der Waals surface area (Å²) in [6, 6.07) is 13.5. The molecule has 0 radical (unpaired) electrons. The molecule has 1 spiro atoms. The quantitative estimate of drug-likeness (QED) is 0.345. The fraction of sp³-hybridized carbons (Fsp3) is 0.400. The van der Waals surface area contributed by atoms with Crippen molar-refractivity contribution in [2.24, 2.45) is 0 Å². The van der Waals surface area contributed by atoms with E-state index in [-0.39, 0.29) is 6.04 Å². The van der Waals surface area contributed by atoms with E-state index >= 15 is 0 Å². The molecule has 1 saturated carbocycles. The third-order valence-electron chi connectivity index (χ3n) is 8.96. The van der Waals surface area contributed by atoms with E-state index in [1.165, 1.54) is 54.4 Å². The number of nitrogens with zero attached hydrogens (tertiary/aromatic N) is 3. The molecule has 0 amide bonds. The molecule has 2 unspecified atom stereocenters. The van der Waals surface area contributed by atoms with Crippen molar-refractivity contribution in [3.05, 3.63) is 72.1 Å². The highest BCUT2D eigenvalue weighted by Gasteiger charge is 2.43. The van der Waals surface area contributed by atoms with Gasteiger partial charge in [-0.2, -0.15) is 0 Å². The summed E-state index contributed by atoms with van der Waals surface area (Å²) in [6.07, 6.45) is 12.8. The summed E-state index contributed by atoms with van der Waals surface area (Å²) in [6.45, 7) is 0.479. The summed E-state index contributed by atoms with van der Waals surface area (Å²) in [5.74, 6) is 0.883. The summed E-state index contributed by atoms with van der Waals surface area (Å²) < 4.78 is 14.0. The van der Waals surface area contributed by atoms with Crippen molar-refractivity contribution in [1.29, 1.82) is 0 Å². The first-order chi connectivity index (χ1) is 17.6. The topological polar surface area (TPSA) is 60.6 Å². The molecule has 184 valence electrons. The molecule has 4 aromatic rings. The summed E-state index contributed by atoms with van der Waals surface area (Å²) in [5, 5.41) is 0. The fourth-order valence-corrected chi connectivity index (χ4v) is 7.19. The Kier molecular flexibility index (Phi) is 5.14. The van der Waals surface area contributed by atoms with Gasteiger partial charge in [-0.15, -0.1) is 0 Å². The van der Waals surface area contributed by atoms with Crippen molar-refractivity contribution in [1.82, 2.24) is 24.8 Å². The molecule has 6 heteroatoms. The van der Waals surface area contributed by atoms with Crippen LogP contribution in [-0.4, -0.2) is 44.6 Å². The molecule has 2 fully saturated rings. The van der Waals surface area contributed by atoms with Gasteiger partial charge in [0, 0.05) is 18.5 Å².